The number of rotatable bonds is 4. The summed E-state index contributed by atoms with van der Waals surface area (Å²) in [5.74, 6) is 0. The van der Waals surface area contributed by atoms with E-state index in [-0.39, 0.29) is 0 Å². The van der Waals surface area contributed by atoms with Crippen LogP contribution in [0.4, 0.5) is 0 Å². The third kappa shape index (κ3) is 4.19. The second-order valence-electron chi connectivity index (χ2n) is 3.69. The third-order valence-electron chi connectivity index (χ3n) is 2.77. The fraction of sp³-hybridized carbons (Fsp3) is 0.818. The van der Waals surface area contributed by atoms with Crippen molar-refractivity contribution in [1.29, 1.82) is 0 Å². The van der Waals surface area contributed by atoms with Crippen LogP contribution in [0.25, 0.3) is 0 Å². The smallest absolute Gasteiger partial charge is 0.0137 e. The van der Waals surface area contributed by atoms with Gasteiger partial charge in [0, 0.05) is 17.8 Å². The molecule has 0 aliphatic heterocycles. The molecule has 0 atom stereocenters. The summed E-state index contributed by atoms with van der Waals surface area (Å²) in [5.41, 5.74) is 0. The first-order valence-corrected chi connectivity index (χ1v) is 6.53. The monoisotopic (exact) mass is 199 g/mol. The van der Waals surface area contributed by atoms with Gasteiger partial charge in [0.2, 0.25) is 0 Å². The minimum atomic E-state index is 0.777. The largest absolute Gasteiger partial charge is 0.311 e. The van der Waals surface area contributed by atoms with Gasteiger partial charge in [0.25, 0.3) is 0 Å². The van der Waals surface area contributed by atoms with Gasteiger partial charge in [-0.1, -0.05) is 12.2 Å². The zero-order chi connectivity index (χ0) is 9.52. The number of thioether (sulfide) groups is 1. The van der Waals surface area contributed by atoms with Gasteiger partial charge in [-0.05, 0) is 38.9 Å². The Morgan fingerprint density at radius 1 is 1.31 bits per heavy atom. The van der Waals surface area contributed by atoms with Crippen LogP contribution in [0.5, 0.6) is 0 Å². The number of hydrogen-bond acceptors (Lipinski definition) is 2. The summed E-state index contributed by atoms with van der Waals surface area (Å²) in [7, 11) is 0. The van der Waals surface area contributed by atoms with Gasteiger partial charge in [-0.25, -0.2) is 0 Å². The van der Waals surface area contributed by atoms with E-state index in [9.17, 15) is 0 Å². The molecule has 13 heavy (non-hydrogen) atoms. The molecule has 0 saturated heterocycles. The van der Waals surface area contributed by atoms with Crippen molar-refractivity contribution >= 4 is 11.8 Å². The molecular formula is C11H21NS. The van der Waals surface area contributed by atoms with E-state index >= 15 is 0 Å². The standard InChI is InChI=1S/C11H21NS/c1-3-4-9-12-10-5-7-11(13-2)8-6-10/h3-4,10-12H,5-9H2,1-2H3/b4-3+. The molecule has 1 saturated carbocycles. The predicted molar refractivity (Wildman–Crippen MR) is 62.4 cm³/mol. The van der Waals surface area contributed by atoms with Gasteiger partial charge in [0.05, 0.1) is 0 Å². The highest BCUT2D eigenvalue weighted by molar-refractivity contribution is 7.99. The molecule has 1 nitrogen and oxygen atoms in total. The van der Waals surface area contributed by atoms with Crippen LogP contribution in [0.2, 0.25) is 0 Å². The topological polar surface area (TPSA) is 12.0 Å². The van der Waals surface area contributed by atoms with Crippen molar-refractivity contribution in [2.45, 2.75) is 43.9 Å². The predicted octanol–water partition coefficient (Wildman–Crippen LogP) is 2.83. The summed E-state index contributed by atoms with van der Waals surface area (Å²) in [4.78, 5) is 0. The summed E-state index contributed by atoms with van der Waals surface area (Å²) in [6.45, 7) is 3.12. The molecule has 2 heteroatoms. The van der Waals surface area contributed by atoms with Gasteiger partial charge in [-0.2, -0.15) is 11.8 Å². The van der Waals surface area contributed by atoms with Crippen molar-refractivity contribution < 1.29 is 0 Å². The van der Waals surface area contributed by atoms with Crippen molar-refractivity contribution in [1.82, 2.24) is 5.32 Å². The highest BCUT2D eigenvalue weighted by atomic mass is 32.2. The maximum atomic E-state index is 3.57. The molecule has 1 fully saturated rings. The van der Waals surface area contributed by atoms with Crippen LogP contribution < -0.4 is 5.32 Å². The Labute approximate surface area is 86.4 Å². The molecule has 0 unspecified atom stereocenters. The van der Waals surface area contributed by atoms with Crippen molar-refractivity contribution in [3.8, 4) is 0 Å². The number of allylic oxidation sites excluding steroid dienone is 1. The van der Waals surface area contributed by atoms with E-state index in [1.54, 1.807) is 0 Å². The van der Waals surface area contributed by atoms with Crippen molar-refractivity contribution in [2.75, 3.05) is 12.8 Å². The first kappa shape index (κ1) is 11.1. The summed E-state index contributed by atoms with van der Waals surface area (Å²) in [6.07, 6.45) is 12.1. The Balaban J connectivity index is 2.10. The fourth-order valence-electron chi connectivity index (χ4n) is 1.86. The fourth-order valence-corrected chi connectivity index (χ4v) is 2.60. The lowest BCUT2D eigenvalue weighted by Gasteiger charge is -2.27. The average Bonchev–Trinajstić information content (AvgIpc) is 2.19. The summed E-state index contributed by atoms with van der Waals surface area (Å²) >= 11 is 2.03. The Hall–Kier alpha value is 0.0500. The lowest BCUT2D eigenvalue weighted by molar-refractivity contribution is 0.392. The second-order valence-corrected chi connectivity index (χ2v) is 4.82. The van der Waals surface area contributed by atoms with Crippen LogP contribution in [-0.4, -0.2) is 24.1 Å². The van der Waals surface area contributed by atoms with Gasteiger partial charge in [0.15, 0.2) is 0 Å². The zero-order valence-electron chi connectivity index (χ0n) is 8.75. The van der Waals surface area contributed by atoms with Crippen LogP contribution in [0.1, 0.15) is 32.6 Å². The van der Waals surface area contributed by atoms with Crippen LogP contribution in [-0.2, 0) is 0 Å². The second kappa shape index (κ2) is 6.50. The van der Waals surface area contributed by atoms with Crippen LogP contribution in [0.3, 0.4) is 0 Å². The van der Waals surface area contributed by atoms with Crippen LogP contribution in [0.15, 0.2) is 12.2 Å². The average molecular weight is 199 g/mol. The minimum absolute atomic E-state index is 0.777. The Morgan fingerprint density at radius 3 is 2.54 bits per heavy atom. The van der Waals surface area contributed by atoms with Crippen molar-refractivity contribution in [3.05, 3.63) is 12.2 Å². The maximum Gasteiger partial charge on any atom is 0.0137 e. The van der Waals surface area contributed by atoms with Gasteiger partial charge >= 0.3 is 0 Å². The quantitative estimate of drug-likeness (QED) is 0.699. The molecule has 1 aliphatic rings. The first-order chi connectivity index (χ1) is 6.36. The van der Waals surface area contributed by atoms with Crippen molar-refractivity contribution in [2.24, 2.45) is 0 Å². The molecule has 0 amide bonds. The molecule has 0 radical (unpaired) electrons. The van der Waals surface area contributed by atoms with E-state index < -0.39 is 0 Å². The molecule has 0 aromatic rings. The lowest BCUT2D eigenvalue weighted by atomic mass is 9.95. The van der Waals surface area contributed by atoms with E-state index in [1.165, 1.54) is 25.7 Å². The minimum Gasteiger partial charge on any atom is -0.311 e. The number of hydrogen-bond donors (Lipinski definition) is 1. The molecule has 76 valence electrons. The molecule has 1 rings (SSSR count). The summed E-state index contributed by atoms with van der Waals surface area (Å²) in [5, 5.41) is 4.50. The SMILES string of the molecule is C/C=C/CNC1CCC(SC)CC1. The van der Waals surface area contributed by atoms with E-state index in [2.05, 4.69) is 30.6 Å². The zero-order valence-corrected chi connectivity index (χ0v) is 9.57. The van der Waals surface area contributed by atoms with Gasteiger partial charge in [-0.15, -0.1) is 0 Å². The highest BCUT2D eigenvalue weighted by Gasteiger charge is 2.19. The van der Waals surface area contributed by atoms with E-state index in [0.29, 0.717) is 0 Å². The Kier molecular flexibility index (Phi) is 5.56. The summed E-state index contributed by atoms with van der Waals surface area (Å²) < 4.78 is 0. The molecule has 0 heterocycles. The number of nitrogens with one attached hydrogen (secondary N) is 1. The normalized spacial score (nSPS) is 29.7. The van der Waals surface area contributed by atoms with Crippen LogP contribution in [0, 0.1) is 0 Å². The van der Waals surface area contributed by atoms with E-state index in [0.717, 1.165) is 17.8 Å². The van der Waals surface area contributed by atoms with Gasteiger partial charge < -0.3 is 5.32 Å². The van der Waals surface area contributed by atoms with E-state index in [4.69, 9.17) is 0 Å². The maximum absolute atomic E-state index is 3.57. The molecular weight excluding hydrogens is 178 g/mol. The molecule has 0 bridgehead atoms. The molecule has 1 N–H and O–H groups in total. The highest BCUT2D eigenvalue weighted by Crippen LogP contribution is 2.26. The molecule has 0 aromatic carbocycles. The third-order valence-corrected chi connectivity index (χ3v) is 3.91. The lowest BCUT2D eigenvalue weighted by Crippen LogP contribution is -2.33. The van der Waals surface area contributed by atoms with Crippen LogP contribution >= 0.6 is 11.8 Å². The summed E-state index contributed by atoms with van der Waals surface area (Å²) in [6, 6.07) is 0.777. The Morgan fingerprint density at radius 2 is 2.00 bits per heavy atom. The van der Waals surface area contributed by atoms with Gasteiger partial charge in [-0.3, -0.25) is 0 Å². The van der Waals surface area contributed by atoms with E-state index in [1.807, 2.05) is 11.8 Å². The van der Waals surface area contributed by atoms with Crippen molar-refractivity contribution in [3.63, 3.8) is 0 Å². The molecule has 1 aliphatic carbocycles. The molecule has 0 spiro atoms. The van der Waals surface area contributed by atoms with Gasteiger partial charge in [0.1, 0.15) is 0 Å². The molecule has 0 aromatic heterocycles. The Bertz CT molecular complexity index is 148. The first-order valence-electron chi connectivity index (χ1n) is 5.24.